The Balaban J connectivity index is 1.80. The molecule has 1 aliphatic heterocycles. The first-order valence-corrected chi connectivity index (χ1v) is 9.89. The van der Waals surface area contributed by atoms with Crippen molar-refractivity contribution < 1.29 is 9.59 Å². The molecule has 6 heteroatoms. The molecule has 2 amide bonds. The summed E-state index contributed by atoms with van der Waals surface area (Å²) in [7, 11) is 0. The monoisotopic (exact) mass is 399 g/mol. The average molecular weight is 399 g/mol. The van der Waals surface area contributed by atoms with Crippen LogP contribution in [-0.2, 0) is 9.59 Å². The largest absolute Gasteiger partial charge is 0.350 e. The Morgan fingerprint density at radius 3 is 2.38 bits per heavy atom. The van der Waals surface area contributed by atoms with E-state index in [1.54, 1.807) is 24.3 Å². The molecule has 0 unspecified atom stereocenters. The second-order valence-corrected chi connectivity index (χ2v) is 7.65. The first-order chi connectivity index (χ1) is 14.0. The van der Waals surface area contributed by atoms with Crippen molar-refractivity contribution in [1.82, 2.24) is 0 Å². The molecule has 2 heterocycles. The van der Waals surface area contributed by atoms with Gasteiger partial charge < -0.3 is 5.32 Å². The summed E-state index contributed by atoms with van der Waals surface area (Å²) in [6.07, 6.45) is 0. The summed E-state index contributed by atoms with van der Waals surface area (Å²) in [4.78, 5) is 28.5. The molecule has 142 valence electrons. The predicted octanol–water partition coefficient (Wildman–Crippen LogP) is 4.63. The minimum absolute atomic E-state index is 0.260. The summed E-state index contributed by atoms with van der Waals surface area (Å²) in [6, 6.07) is 17.9. The molecule has 4 rings (SSSR count). The Kier molecular flexibility index (Phi) is 4.75. The summed E-state index contributed by atoms with van der Waals surface area (Å²) in [5.74, 6) is -0.793. The zero-order valence-electron chi connectivity index (χ0n) is 15.9. The van der Waals surface area contributed by atoms with Crippen LogP contribution >= 0.6 is 11.3 Å². The van der Waals surface area contributed by atoms with Crippen molar-refractivity contribution in [3.8, 4) is 6.07 Å². The highest BCUT2D eigenvalue weighted by molar-refractivity contribution is 7.11. The van der Waals surface area contributed by atoms with Crippen LogP contribution in [0, 0.1) is 25.2 Å². The Morgan fingerprint density at radius 1 is 0.966 bits per heavy atom. The van der Waals surface area contributed by atoms with E-state index < -0.39 is 5.91 Å². The van der Waals surface area contributed by atoms with Crippen LogP contribution < -0.4 is 10.2 Å². The van der Waals surface area contributed by atoms with Gasteiger partial charge >= 0.3 is 0 Å². The first-order valence-electron chi connectivity index (χ1n) is 9.01. The molecule has 0 spiro atoms. The molecular formula is C23H17N3O2S. The van der Waals surface area contributed by atoms with Gasteiger partial charge in [-0.15, -0.1) is 11.3 Å². The zero-order valence-corrected chi connectivity index (χ0v) is 16.7. The lowest BCUT2D eigenvalue weighted by Gasteiger charge is -2.16. The zero-order chi connectivity index (χ0) is 20.5. The van der Waals surface area contributed by atoms with E-state index in [-0.39, 0.29) is 11.6 Å². The van der Waals surface area contributed by atoms with E-state index in [0.717, 1.165) is 26.6 Å². The van der Waals surface area contributed by atoms with Crippen LogP contribution in [0.15, 0.2) is 65.7 Å². The third-order valence-electron chi connectivity index (χ3n) is 4.97. The highest BCUT2D eigenvalue weighted by Gasteiger charge is 2.40. The lowest BCUT2D eigenvalue weighted by molar-refractivity contribution is -0.120. The van der Waals surface area contributed by atoms with Gasteiger partial charge in [-0.2, -0.15) is 5.26 Å². The summed E-state index contributed by atoms with van der Waals surface area (Å²) in [5, 5.41) is 14.1. The fourth-order valence-corrected chi connectivity index (χ4v) is 4.00. The Labute approximate surface area is 172 Å². The van der Waals surface area contributed by atoms with Crippen molar-refractivity contribution in [3.05, 3.63) is 87.2 Å². The molecule has 29 heavy (non-hydrogen) atoms. The van der Waals surface area contributed by atoms with E-state index in [0.29, 0.717) is 16.8 Å². The van der Waals surface area contributed by atoms with Crippen LogP contribution in [0.2, 0.25) is 0 Å². The topological polar surface area (TPSA) is 73.2 Å². The minimum Gasteiger partial charge on any atom is -0.350 e. The van der Waals surface area contributed by atoms with E-state index in [1.807, 2.05) is 55.6 Å². The highest BCUT2D eigenvalue weighted by Crippen LogP contribution is 2.36. The van der Waals surface area contributed by atoms with Crippen LogP contribution in [0.4, 0.5) is 11.4 Å². The second-order valence-electron chi connectivity index (χ2n) is 6.70. The normalized spacial score (nSPS) is 13.8. The standard InChI is InChI=1S/C23H17N3O2S/c1-14-5-3-6-18(15(14)2)25-21-20(19-7-4-12-29-19)22(27)26(23(21)28)17-10-8-16(13-24)9-11-17/h3-12,25H,1-2H3. The molecule has 2 aromatic carbocycles. The number of anilines is 2. The summed E-state index contributed by atoms with van der Waals surface area (Å²) in [5.41, 5.74) is 4.41. The Morgan fingerprint density at radius 2 is 1.72 bits per heavy atom. The SMILES string of the molecule is Cc1cccc(NC2=C(c3cccs3)C(=O)N(c3ccc(C#N)cc3)C2=O)c1C. The molecule has 0 radical (unpaired) electrons. The molecule has 3 aromatic rings. The van der Waals surface area contributed by atoms with Crippen LogP contribution in [0.5, 0.6) is 0 Å². The lowest BCUT2D eigenvalue weighted by atomic mass is 10.1. The average Bonchev–Trinajstić information content (AvgIpc) is 3.32. The summed E-state index contributed by atoms with van der Waals surface area (Å²) < 4.78 is 0. The lowest BCUT2D eigenvalue weighted by Crippen LogP contribution is -2.32. The van der Waals surface area contributed by atoms with Gasteiger partial charge in [-0.25, -0.2) is 4.90 Å². The third-order valence-corrected chi connectivity index (χ3v) is 5.86. The Hall–Kier alpha value is -3.69. The van der Waals surface area contributed by atoms with Gasteiger partial charge in [-0.3, -0.25) is 9.59 Å². The van der Waals surface area contributed by atoms with Crippen molar-refractivity contribution in [1.29, 1.82) is 5.26 Å². The van der Waals surface area contributed by atoms with Crippen molar-refractivity contribution in [3.63, 3.8) is 0 Å². The number of amides is 2. The highest BCUT2D eigenvalue weighted by atomic mass is 32.1. The van der Waals surface area contributed by atoms with Crippen molar-refractivity contribution in [2.24, 2.45) is 0 Å². The minimum atomic E-state index is -0.413. The molecule has 0 saturated heterocycles. The smallest absolute Gasteiger partial charge is 0.282 e. The number of nitriles is 1. The van der Waals surface area contributed by atoms with Crippen molar-refractivity contribution in [2.45, 2.75) is 13.8 Å². The molecule has 0 bridgehead atoms. The molecule has 1 N–H and O–H groups in total. The summed E-state index contributed by atoms with van der Waals surface area (Å²) >= 11 is 1.41. The summed E-state index contributed by atoms with van der Waals surface area (Å²) in [6.45, 7) is 3.97. The van der Waals surface area contributed by atoms with Crippen molar-refractivity contribution >= 4 is 40.1 Å². The number of thiophene rings is 1. The van der Waals surface area contributed by atoms with Gasteiger partial charge in [0.05, 0.1) is 22.9 Å². The predicted molar refractivity (Wildman–Crippen MR) is 114 cm³/mol. The molecule has 5 nitrogen and oxygen atoms in total. The molecule has 1 aromatic heterocycles. The van der Waals surface area contributed by atoms with E-state index in [9.17, 15) is 9.59 Å². The molecule has 0 aliphatic carbocycles. The number of carbonyl (C=O) groups is 2. The number of imide groups is 1. The fraction of sp³-hybridized carbons (Fsp3) is 0.0870. The van der Waals surface area contributed by atoms with Gasteiger partial charge in [-0.05, 0) is 66.8 Å². The van der Waals surface area contributed by atoms with Crippen LogP contribution in [-0.4, -0.2) is 11.8 Å². The molecule has 0 fully saturated rings. The quantitative estimate of drug-likeness (QED) is 0.649. The fourth-order valence-electron chi connectivity index (χ4n) is 3.24. The van der Waals surface area contributed by atoms with Gasteiger partial charge in [0.25, 0.3) is 11.8 Å². The molecule has 0 atom stereocenters. The number of carbonyl (C=O) groups excluding carboxylic acids is 2. The molecule has 0 saturated carbocycles. The van der Waals surface area contributed by atoms with Gasteiger partial charge in [0.15, 0.2) is 0 Å². The number of aryl methyl sites for hydroxylation is 1. The third kappa shape index (κ3) is 3.22. The first kappa shape index (κ1) is 18.7. The van der Waals surface area contributed by atoms with E-state index >= 15 is 0 Å². The Bertz CT molecular complexity index is 1190. The van der Waals surface area contributed by atoms with Gasteiger partial charge in [0.1, 0.15) is 5.70 Å². The number of nitrogens with one attached hydrogen (secondary N) is 1. The number of hydrogen-bond acceptors (Lipinski definition) is 5. The number of nitrogens with zero attached hydrogens (tertiary/aromatic N) is 2. The van der Waals surface area contributed by atoms with E-state index in [1.165, 1.54) is 11.3 Å². The van der Waals surface area contributed by atoms with Crippen LogP contribution in [0.3, 0.4) is 0 Å². The van der Waals surface area contributed by atoms with Gasteiger partial charge in [0, 0.05) is 10.6 Å². The molecule has 1 aliphatic rings. The van der Waals surface area contributed by atoms with Gasteiger partial charge in [-0.1, -0.05) is 18.2 Å². The number of benzene rings is 2. The van der Waals surface area contributed by atoms with Crippen LogP contribution in [0.25, 0.3) is 5.57 Å². The number of rotatable bonds is 4. The van der Waals surface area contributed by atoms with Crippen molar-refractivity contribution in [2.75, 3.05) is 10.2 Å². The van der Waals surface area contributed by atoms with Crippen LogP contribution in [0.1, 0.15) is 21.6 Å². The maximum Gasteiger partial charge on any atom is 0.282 e. The maximum absolute atomic E-state index is 13.3. The second kappa shape index (κ2) is 7.38. The number of hydrogen-bond donors (Lipinski definition) is 1. The van der Waals surface area contributed by atoms with E-state index in [2.05, 4.69) is 5.32 Å². The van der Waals surface area contributed by atoms with Gasteiger partial charge in [0.2, 0.25) is 0 Å². The molecular weight excluding hydrogens is 382 g/mol. The maximum atomic E-state index is 13.3. The van der Waals surface area contributed by atoms with E-state index in [4.69, 9.17) is 5.26 Å².